The molecule has 2 N–H and O–H groups in total. The summed E-state index contributed by atoms with van der Waals surface area (Å²) in [6.07, 6.45) is 1.51. The molecule has 208 valence electrons. The van der Waals surface area contributed by atoms with Gasteiger partial charge >= 0.3 is 5.97 Å². The van der Waals surface area contributed by atoms with Gasteiger partial charge in [0.2, 0.25) is 0 Å². The van der Waals surface area contributed by atoms with Crippen LogP contribution in [0.3, 0.4) is 0 Å². The van der Waals surface area contributed by atoms with Gasteiger partial charge in [0.1, 0.15) is 23.7 Å². The molecule has 1 aliphatic rings. The molecule has 3 aromatic carbocycles. The highest BCUT2D eigenvalue weighted by molar-refractivity contribution is 5.87. The molecule has 1 saturated heterocycles. The van der Waals surface area contributed by atoms with E-state index in [0.29, 0.717) is 18.0 Å². The fraction of sp³-hybridized carbons (Fsp3) is 0.276. The normalized spacial score (nSPS) is 15.4. The first-order valence-electron chi connectivity index (χ1n) is 12.8. The molecule has 0 radical (unpaired) electrons. The molecule has 1 atom stereocenters. The van der Waals surface area contributed by atoms with Crippen molar-refractivity contribution >= 4 is 34.6 Å². The first-order valence-corrected chi connectivity index (χ1v) is 12.8. The highest BCUT2D eigenvalue weighted by atomic mass is 19.1. The number of carbonyl (C=O) groups is 2. The molecule has 2 heterocycles. The van der Waals surface area contributed by atoms with Crippen molar-refractivity contribution in [2.75, 3.05) is 25.1 Å². The van der Waals surface area contributed by atoms with Gasteiger partial charge in [-0.1, -0.05) is 12.1 Å². The van der Waals surface area contributed by atoms with Crippen molar-refractivity contribution in [3.8, 4) is 5.75 Å². The van der Waals surface area contributed by atoms with Gasteiger partial charge in [0.05, 0.1) is 18.2 Å². The monoisotopic (exact) mass is 551 g/mol. The summed E-state index contributed by atoms with van der Waals surface area (Å²) in [7, 11) is 0. The first kappa shape index (κ1) is 27.2. The molecule has 0 spiro atoms. The molecule has 1 aromatic heterocycles. The summed E-state index contributed by atoms with van der Waals surface area (Å²) in [5.41, 5.74) is 1.70. The number of hydrogen-bond acceptors (Lipinski definition) is 8. The number of benzene rings is 3. The zero-order chi connectivity index (χ0) is 28.2. The quantitative estimate of drug-likeness (QED) is 0.251. The molecule has 0 aliphatic carbocycles. The van der Waals surface area contributed by atoms with Crippen LogP contribution in [0.15, 0.2) is 59.0 Å². The number of carboxylic acid groups (broad SMARTS) is 1. The van der Waals surface area contributed by atoms with Crippen molar-refractivity contribution in [1.82, 2.24) is 10.0 Å². The topological polar surface area (TPSA) is 114 Å². The Morgan fingerprint density at radius 3 is 2.73 bits per heavy atom. The van der Waals surface area contributed by atoms with Crippen LogP contribution >= 0.6 is 0 Å². The van der Waals surface area contributed by atoms with Gasteiger partial charge in [-0.25, -0.2) is 13.6 Å². The van der Waals surface area contributed by atoms with E-state index < -0.39 is 17.6 Å². The second kappa shape index (κ2) is 11.8. The molecule has 40 heavy (non-hydrogen) atoms. The molecule has 4 aromatic rings. The smallest absolute Gasteiger partial charge is 0.335 e. The molecular formula is C29H27F2N3O6. The minimum atomic E-state index is -1.01. The second-order valence-electron chi connectivity index (χ2n) is 9.58. The van der Waals surface area contributed by atoms with E-state index in [1.807, 2.05) is 0 Å². The maximum Gasteiger partial charge on any atom is 0.335 e. The van der Waals surface area contributed by atoms with Crippen molar-refractivity contribution in [2.24, 2.45) is 0 Å². The van der Waals surface area contributed by atoms with Crippen LogP contribution in [-0.2, 0) is 16.0 Å². The van der Waals surface area contributed by atoms with Crippen LogP contribution in [0.2, 0.25) is 0 Å². The Kier molecular flexibility index (Phi) is 8.04. The summed E-state index contributed by atoms with van der Waals surface area (Å²) >= 11 is 0. The van der Waals surface area contributed by atoms with E-state index >= 15 is 4.39 Å². The summed E-state index contributed by atoms with van der Waals surface area (Å²) < 4.78 is 39.9. The van der Waals surface area contributed by atoms with Crippen LogP contribution in [0.25, 0.3) is 11.1 Å². The lowest BCUT2D eigenvalue weighted by Crippen LogP contribution is -2.36. The molecule has 9 nitrogen and oxygen atoms in total. The van der Waals surface area contributed by atoms with Gasteiger partial charge in [-0.05, 0) is 73.4 Å². The maximum atomic E-state index is 15.1. The van der Waals surface area contributed by atoms with Crippen LogP contribution in [0.5, 0.6) is 5.75 Å². The van der Waals surface area contributed by atoms with Crippen LogP contribution in [0.1, 0.15) is 34.3 Å². The average molecular weight is 552 g/mol. The van der Waals surface area contributed by atoms with Crippen LogP contribution in [0, 0.1) is 18.6 Å². The number of oxazole rings is 1. The molecule has 1 fully saturated rings. The van der Waals surface area contributed by atoms with Crippen LogP contribution < -0.4 is 10.2 Å². The largest absolute Gasteiger partial charge is 0.478 e. The van der Waals surface area contributed by atoms with Gasteiger partial charge in [0.25, 0.3) is 6.01 Å². The number of aromatic carboxylic acids is 1. The molecule has 1 aliphatic heterocycles. The zero-order valence-electron chi connectivity index (χ0n) is 21.7. The molecule has 0 unspecified atom stereocenters. The fourth-order valence-corrected chi connectivity index (χ4v) is 4.50. The summed E-state index contributed by atoms with van der Waals surface area (Å²) in [5, 5.41) is 13.6. The minimum Gasteiger partial charge on any atom is -0.478 e. The van der Waals surface area contributed by atoms with E-state index in [4.69, 9.17) is 19.1 Å². The van der Waals surface area contributed by atoms with Gasteiger partial charge in [0.15, 0.2) is 17.2 Å². The van der Waals surface area contributed by atoms with Crippen molar-refractivity contribution in [3.63, 3.8) is 0 Å². The predicted octanol–water partition coefficient (Wildman–Crippen LogP) is 5.44. The van der Waals surface area contributed by atoms with Gasteiger partial charge in [-0.3, -0.25) is 4.79 Å². The van der Waals surface area contributed by atoms with Gasteiger partial charge in [0, 0.05) is 18.7 Å². The maximum absolute atomic E-state index is 15.1. The molecule has 5 rings (SSSR count). The molecule has 0 bridgehead atoms. The number of rotatable bonds is 11. The third kappa shape index (κ3) is 6.27. The number of fused-ring (bicyclic) bond motifs is 1. The highest BCUT2D eigenvalue weighted by Gasteiger charge is 2.27. The Bertz CT molecular complexity index is 1540. The Morgan fingerprint density at radius 2 is 1.95 bits per heavy atom. The average Bonchev–Trinajstić information content (AvgIpc) is 3.55. The number of Topliss-reactive ketones (excluding diaryl/α,β-unsaturated/α-hetero) is 1. The number of nitrogens with zero attached hydrogens (tertiary/aromatic N) is 2. The number of anilines is 2. The lowest BCUT2D eigenvalue weighted by molar-refractivity contribution is -0.126. The van der Waals surface area contributed by atoms with E-state index in [2.05, 4.69) is 10.3 Å². The van der Waals surface area contributed by atoms with Gasteiger partial charge in [-0.2, -0.15) is 4.98 Å². The Balaban J connectivity index is 1.15. The summed E-state index contributed by atoms with van der Waals surface area (Å²) in [5.74, 6) is -1.93. The number of ether oxygens (including phenoxy) is 1. The first-order chi connectivity index (χ1) is 19.3. The van der Waals surface area contributed by atoms with E-state index in [-0.39, 0.29) is 59.7 Å². The number of halogens is 2. The van der Waals surface area contributed by atoms with Gasteiger partial charge in [-0.15, -0.1) is 5.06 Å². The Hall–Kier alpha value is -4.35. The number of nitrogens with one attached hydrogen (secondary N) is 1. The number of carbonyl (C=O) groups excluding carboxylic acids is 1. The zero-order valence-corrected chi connectivity index (χ0v) is 21.7. The van der Waals surface area contributed by atoms with Gasteiger partial charge < -0.3 is 24.4 Å². The van der Waals surface area contributed by atoms with Crippen molar-refractivity contribution < 1.29 is 37.5 Å². The molecule has 11 heteroatoms. The highest BCUT2D eigenvalue weighted by Crippen LogP contribution is 2.28. The second-order valence-corrected chi connectivity index (χ2v) is 9.58. The number of aromatic nitrogens is 1. The lowest BCUT2D eigenvalue weighted by atomic mass is 10.1. The van der Waals surface area contributed by atoms with E-state index in [1.165, 1.54) is 30.3 Å². The summed E-state index contributed by atoms with van der Waals surface area (Å²) in [6.45, 7) is 2.50. The molecular weight excluding hydrogens is 524 g/mol. The number of hydroxylamine groups is 2. The van der Waals surface area contributed by atoms with Crippen molar-refractivity contribution in [1.29, 1.82) is 0 Å². The summed E-state index contributed by atoms with van der Waals surface area (Å²) in [6, 6.07) is 13.3. The summed E-state index contributed by atoms with van der Waals surface area (Å²) in [4.78, 5) is 33.7. The molecule has 0 amide bonds. The van der Waals surface area contributed by atoms with E-state index in [1.54, 1.807) is 36.3 Å². The third-order valence-corrected chi connectivity index (χ3v) is 6.63. The molecule has 0 saturated carbocycles. The van der Waals surface area contributed by atoms with E-state index in [9.17, 15) is 14.0 Å². The third-order valence-electron chi connectivity index (χ3n) is 6.63. The Morgan fingerprint density at radius 1 is 1.15 bits per heavy atom. The van der Waals surface area contributed by atoms with E-state index in [0.717, 1.165) is 18.4 Å². The lowest BCUT2D eigenvalue weighted by Gasteiger charge is -2.24. The van der Waals surface area contributed by atoms with Crippen LogP contribution in [0.4, 0.5) is 20.5 Å². The SMILES string of the molecule is Cc1ccc(F)cc1Nc1nc2ccc(CC(=O)COC[C@@H]3CCCN3Oc3ccc(C(=O)O)cc3)c(F)c2o1. The predicted molar refractivity (Wildman–Crippen MR) is 142 cm³/mol. The minimum absolute atomic E-state index is 0.00979. The van der Waals surface area contributed by atoms with Crippen molar-refractivity contribution in [2.45, 2.75) is 32.2 Å². The standard InChI is InChI=1S/C29H27F2N3O6/c1-17-4-8-20(30)14-25(17)33-29-32-24-11-7-19(26(31)27(24)39-29)13-22(35)16-38-15-21-3-2-12-34(21)40-23-9-5-18(6-10-23)28(36)37/h4-11,14,21H,2-3,12-13,15-16H2,1H3,(H,32,33)(H,36,37)/t21-/m0/s1. The van der Waals surface area contributed by atoms with Crippen LogP contribution in [-0.4, -0.2) is 52.7 Å². The number of aryl methyl sites for hydroxylation is 1. The number of carboxylic acids is 1. The fourth-order valence-electron chi connectivity index (χ4n) is 4.50. The Labute approximate surface area is 228 Å². The number of hydrogen-bond donors (Lipinski definition) is 2. The number of ketones is 1. The van der Waals surface area contributed by atoms with Crippen molar-refractivity contribution in [3.05, 3.63) is 82.9 Å².